The molecule has 1 aromatic carbocycles. The summed E-state index contributed by atoms with van der Waals surface area (Å²) >= 11 is 0.951. The highest BCUT2D eigenvalue weighted by molar-refractivity contribution is 7.93. The van der Waals surface area contributed by atoms with Crippen LogP contribution in [0.5, 0.6) is 0 Å². The number of sulfonamides is 1. The standard InChI is InChI=1S/C11H8N4O3S2/c16-10-4-1-7-5-8(2-3-9(7)14-10)20(17,18)15-11-12-6-13-19-11/h1-6H,(H,14,16)(H,12,13,15). The summed E-state index contributed by atoms with van der Waals surface area (Å²) in [6.07, 6.45) is 1.27. The summed E-state index contributed by atoms with van der Waals surface area (Å²) in [5.41, 5.74) is 0.340. The molecule has 0 aliphatic heterocycles. The van der Waals surface area contributed by atoms with E-state index < -0.39 is 10.0 Å². The van der Waals surface area contributed by atoms with Crippen molar-refractivity contribution >= 4 is 37.6 Å². The Balaban J connectivity index is 2.05. The molecule has 9 heteroatoms. The van der Waals surface area contributed by atoms with Crippen molar-refractivity contribution in [2.45, 2.75) is 4.90 Å². The Morgan fingerprint density at radius 2 is 2.05 bits per heavy atom. The minimum Gasteiger partial charge on any atom is -0.322 e. The van der Waals surface area contributed by atoms with E-state index in [1.54, 1.807) is 12.1 Å². The van der Waals surface area contributed by atoms with Crippen LogP contribution >= 0.6 is 11.5 Å². The van der Waals surface area contributed by atoms with E-state index in [-0.39, 0.29) is 15.6 Å². The number of anilines is 1. The van der Waals surface area contributed by atoms with Gasteiger partial charge in [-0.05, 0) is 29.7 Å². The first kappa shape index (κ1) is 12.8. The van der Waals surface area contributed by atoms with Crippen LogP contribution in [0.25, 0.3) is 10.9 Å². The van der Waals surface area contributed by atoms with Crippen molar-refractivity contribution in [3.8, 4) is 0 Å². The molecule has 0 aliphatic carbocycles. The van der Waals surface area contributed by atoms with Crippen LogP contribution < -0.4 is 10.3 Å². The molecule has 3 aromatic rings. The molecule has 0 saturated carbocycles. The Bertz CT molecular complexity index is 916. The second kappa shape index (κ2) is 4.69. The number of nitrogens with one attached hydrogen (secondary N) is 2. The number of hydrogen-bond donors (Lipinski definition) is 2. The Morgan fingerprint density at radius 3 is 2.80 bits per heavy atom. The Labute approximate surface area is 117 Å². The number of benzene rings is 1. The lowest BCUT2D eigenvalue weighted by Gasteiger charge is -2.05. The summed E-state index contributed by atoms with van der Waals surface area (Å²) in [7, 11) is -3.72. The van der Waals surface area contributed by atoms with Crippen LogP contribution in [0.1, 0.15) is 0 Å². The number of pyridine rings is 1. The number of rotatable bonds is 3. The van der Waals surface area contributed by atoms with Gasteiger partial charge < -0.3 is 4.98 Å². The summed E-state index contributed by atoms with van der Waals surface area (Å²) in [5, 5.41) is 0.830. The van der Waals surface area contributed by atoms with E-state index in [2.05, 4.69) is 19.1 Å². The highest BCUT2D eigenvalue weighted by Crippen LogP contribution is 2.19. The fourth-order valence-corrected chi connectivity index (χ4v) is 3.39. The van der Waals surface area contributed by atoms with Crippen molar-refractivity contribution in [1.82, 2.24) is 14.3 Å². The molecule has 0 radical (unpaired) electrons. The first-order valence-corrected chi connectivity index (χ1v) is 7.73. The van der Waals surface area contributed by atoms with E-state index in [0.29, 0.717) is 10.9 Å². The molecule has 2 aromatic heterocycles. The van der Waals surface area contributed by atoms with Crippen molar-refractivity contribution in [3.05, 3.63) is 47.0 Å². The van der Waals surface area contributed by atoms with Crippen molar-refractivity contribution < 1.29 is 8.42 Å². The summed E-state index contributed by atoms with van der Waals surface area (Å²) in [6.45, 7) is 0. The lowest BCUT2D eigenvalue weighted by Crippen LogP contribution is -2.13. The van der Waals surface area contributed by atoms with E-state index >= 15 is 0 Å². The van der Waals surface area contributed by atoms with Crippen molar-refractivity contribution in [1.29, 1.82) is 0 Å². The average Bonchev–Trinajstić information content (AvgIpc) is 2.90. The minimum atomic E-state index is -3.72. The van der Waals surface area contributed by atoms with Crippen molar-refractivity contribution in [2.75, 3.05) is 4.72 Å². The number of nitrogens with zero attached hydrogens (tertiary/aromatic N) is 2. The number of fused-ring (bicyclic) bond motifs is 1. The summed E-state index contributed by atoms with van der Waals surface area (Å²) in [5.74, 6) is 0. The third kappa shape index (κ3) is 2.40. The van der Waals surface area contributed by atoms with Crippen LogP contribution in [-0.2, 0) is 10.0 Å². The molecule has 0 saturated heterocycles. The van der Waals surface area contributed by atoms with Crippen LogP contribution in [0.15, 0.2) is 46.3 Å². The predicted octanol–water partition coefficient (Wildman–Crippen LogP) is 1.18. The molecular formula is C11H8N4O3S2. The van der Waals surface area contributed by atoms with Crippen LogP contribution in [0.2, 0.25) is 0 Å². The largest absolute Gasteiger partial charge is 0.322 e. The average molecular weight is 308 g/mol. The normalized spacial score (nSPS) is 11.6. The molecule has 0 amide bonds. The van der Waals surface area contributed by atoms with E-state index in [4.69, 9.17) is 0 Å². The first-order chi connectivity index (χ1) is 9.54. The highest BCUT2D eigenvalue weighted by atomic mass is 32.2. The van der Waals surface area contributed by atoms with Gasteiger partial charge in [0.2, 0.25) is 10.7 Å². The first-order valence-electron chi connectivity index (χ1n) is 5.47. The van der Waals surface area contributed by atoms with Crippen molar-refractivity contribution in [2.24, 2.45) is 0 Å². The van der Waals surface area contributed by atoms with Gasteiger partial charge in [-0.15, -0.1) is 0 Å². The summed E-state index contributed by atoms with van der Waals surface area (Å²) in [6, 6.07) is 7.36. The van der Waals surface area contributed by atoms with Crippen LogP contribution in [0.4, 0.5) is 5.13 Å². The lowest BCUT2D eigenvalue weighted by atomic mass is 10.2. The summed E-state index contributed by atoms with van der Waals surface area (Å²) in [4.78, 5) is 17.7. The van der Waals surface area contributed by atoms with Gasteiger partial charge in [-0.1, -0.05) is 0 Å². The van der Waals surface area contributed by atoms with Gasteiger partial charge in [0.15, 0.2) is 0 Å². The van der Waals surface area contributed by atoms with Crippen LogP contribution in [-0.4, -0.2) is 22.8 Å². The molecule has 0 aliphatic rings. The van der Waals surface area contributed by atoms with E-state index in [1.807, 2.05) is 0 Å². The van der Waals surface area contributed by atoms with Gasteiger partial charge in [0.1, 0.15) is 6.33 Å². The molecule has 2 heterocycles. The van der Waals surface area contributed by atoms with Gasteiger partial charge in [-0.3, -0.25) is 9.52 Å². The second-order valence-electron chi connectivity index (χ2n) is 3.92. The Kier molecular flexibility index (Phi) is 2.99. The van der Waals surface area contributed by atoms with Gasteiger partial charge in [0.25, 0.3) is 10.0 Å². The molecule has 3 rings (SSSR count). The monoisotopic (exact) mass is 308 g/mol. The summed E-state index contributed by atoms with van der Waals surface area (Å²) < 4.78 is 30.4. The molecule has 0 spiro atoms. The quantitative estimate of drug-likeness (QED) is 0.756. The fraction of sp³-hybridized carbons (Fsp3) is 0. The van der Waals surface area contributed by atoms with Gasteiger partial charge in [0.05, 0.1) is 4.90 Å². The zero-order chi connectivity index (χ0) is 14.2. The molecule has 0 bridgehead atoms. The van der Waals surface area contributed by atoms with E-state index in [0.717, 1.165) is 11.5 Å². The SMILES string of the molecule is O=c1ccc2cc(S(=O)(=O)Nc3ncns3)ccc2[nH]1. The second-order valence-corrected chi connectivity index (χ2v) is 6.39. The number of aromatic nitrogens is 3. The number of aromatic amines is 1. The molecule has 0 unspecified atom stereocenters. The number of hydrogen-bond acceptors (Lipinski definition) is 6. The third-order valence-electron chi connectivity index (χ3n) is 2.59. The zero-order valence-corrected chi connectivity index (χ0v) is 11.5. The van der Waals surface area contributed by atoms with Crippen LogP contribution in [0, 0.1) is 0 Å². The maximum atomic E-state index is 12.2. The van der Waals surface area contributed by atoms with Gasteiger partial charge in [0, 0.05) is 23.1 Å². The Morgan fingerprint density at radius 1 is 1.20 bits per heavy atom. The van der Waals surface area contributed by atoms with E-state index in [9.17, 15) is 13.2 Å². The molecular weight excluding hydrogens is 300 g/mol. The highest BCUT2D eigenvalue weighted by Gasteiger charge is 2.16. The topological polar surface area (TPSA) is 105 Å². The van der Waals surface area contributed by atoms with Crippen molar-refractivity contribution in [3.63, 3.8) is 0 Å². The third-order valence-corrected chi connectivity index (χ3v) is 4.63. The smallest absolute Gasteiger partial charge is 0.263 e. The molecule has 2 N–H and O–H groups in total. The molecule has 0 fully saturated rings. The van der Waals surface area contributed by atoms with Gasteiger partial charge in [-0.2, -0.15) is 4.37 Å². The molecule has 20 heavy (non-hydrogen) atoms. The van der Waals surface area contributed by atoms with Gasteiger partial charge >= 0.3 is 0 Å². The number of H-pyrrole nitrogens is 1. The predicted molar refractivity (Wildman–Crippen MR) is 75.3 cm³/mol. The van der Waals surface area contributed by atoms with Crippen LogP contribution in [0.3, 0.4) is 0 Å². The Hall–Kier alpha value is -2.26. The maximum absolute atomic E-state index is 12.2. The zero-order valence-electron chi connectivity index (χ0n) is 9.90. The lowest BCUT2D eigenvalue weighted by molar-refractivity contribution is 0.601. The molecule has 102 valence electrons. The van der Waals surface area contributed by atoms with Gasteiger partial charge in [-0.25, -0.2) is 13.4 Å². The molecule has 7 nitrogen and oxygen atoms in total. The molecule has 0 atom stereocenters. The van der Waals surface area contributed by atoms with E-state index in [1.165, 1.54) is 24.5 Å². The maximum Gasteiger partial charge on any atom is 0.263 e. The fourth-order valence-electron chi connectivity index (χ4n) is 1.69. The minimum absolute atomic E-state index is 0.0900.